The Kier molecular flexibility index (Phi) is 5.52. The van der Waals surface area contributed by atoms with E-state index < -0.39 is 23.6 Å². The first kappa shape index (κ1) is 16.7. The van der Waals surface area contributed by atoms with Gasteiger partial charge in [0, 0.05) is 19.2 Å². The van der Waals surface area contributed by atoms with Crippen molar-refractivity contribution in [2.45, 2.75) is 13.1 Å². The van der Waals surface area contributed by atoms with Crippen molar-refractivity contribution in [3.63, 3.8) is 0 Å². The molecule has 1 aromatic rings. The second-order valence-electron chi connectivity index (χ2n) is 4.24. The Morgan fingerprint density at radius 1 is 1.29 bits per heavy atom. The van der Waals surface area contributed by atoms with Crippen LogP contribution in [0.3, 0.4) is 0 Å². The van der Waals surface area contributed by atoms with Gasteiger partial charge in [0.2, 0.25) is 11.8 Å². The van der Waals surface area contributed by atoms with E-state index in [9.17, 15) is 22.8 Å². The van der Waals surface area contributed by atoms with Crippen molar-refractivity contribution in [2.75, 3.05) is 18.0 Å². The van der Waals surface area contributed by atoms with Crippen LogP contribution in [0.1, 0.15) is 12.5 Å². The molecule has 114 valence electrons. The monoisotopic (exact) mass is 300 g/mol. The minimum atomic E-state index is -4.44. The highest BCUT2D eigenvalue weighted by Gasteiger charge is 2.30. The molecular weight excluding hydrogens is 285 g/mol. The normalized spacial score (nSPS) is 10.9. The van der Waals surface area contributed by atoms with Crippen LogP contribution in [0.4, 0.5) is 18.9 Å². The molecule has 2 amide bonds. The summed E-state index contributed by atoms with van der Waals surface area (Å²) in [5.41, 5.74) is -0.588. The zero-order chi connectivity index (χ0) is 16.0. The molecule has 0 saturated carbocycles. The molecule has 0 saturated heterocycles. The molecule has 1 N–H and O–H groups in total. The molecule has 0 aromatic heterocycles. The molecule has 0 aliphatic heterocycles. The Bertz CT molecular complexity index is 524. The number of nitrogens with zero attached hydrogens (tertiary/aromatic N) is 1. The Morgan fingerprint density at radius 3 is 2.29 bits per heavy atom. The van der Waals surface area contributed by atoms with E-state index in [0.717, 1.165) is 29.2 Å². The summed E-state index contributed by atoms with van der Waals surface area (Å²) in [5, 5.41) is 2.49. The van der Waals surface area contributed by atoms with E-state index in [4.69, 9.17) is 0 Å². The summed E-state index contributed by atoms with van der Waals surface area (Å²) in [6.45, 7) is 4.65. The third kappa shape index (κ3) is 4.94. The van der Waals surface area contributed by atoms with Crippen LogP contribution in [0.25, 0.3) is 0 Å². The number of nitrogens with one attached hydrogen (secondary N) is 1. The fraction of sp³-hybridized carbons (Fsp3) is 0.286. The van der Waals surface area contributed by atoms with Crippen LogP contribution in [-0.4, -0.2) is 24.9 Å². The molecule has 1 aromatic carbocycles. The van der Waals surface area contributed by atoms with Crippen LogP contribution >= 0.6 is 0 Å². The van der Waals surface area contributed by atoms with Crippen molar-refractivity contribution in [2.24, 2.45) is 0 Å². The maximum Gasteiger partial charge on any atom is 0.416 e. The largest absolute Gasteiger partial charge is 0.416 e. The summed E-state index contributed by atoms with van der Waals surface area (Å²) in [6, 6.07) is 4.05. The summed E-state index contributed by atoms with van der Waals surface area (Å²) in [7, 11) is 0. The number of halogens is 3. The van der Waals surface area contributed by atoms with E-state index in [0.29, 0.717) is 0 Å². The standard InChI is InChI=1S/C14H15F3N2O2/c1-3-8-18-13(21)9-19(10(2)20)12-6-4-11(5-7-12)14(15,16)17/h3-7H,1,8-9H2,2H3,(H,18,21). The summed E-state index contributed by atoms with van der Waals surface area (Å²) in [5.74, 6) is -0.867. The second kappa shape index (κ2) is 6.92. The Hall–Kier alpha value is -2.31. The zero-order valence-corrected chi connectivity index (χ0v) is 11.4. The molecule has 0 aliphatic carbocycles. The number of carbonyl (C=O) groups excluding carboxylic acids is 2. The first-order valence-corrected chi connectivity index (χ1v) is 6.08. The molecular formula is C14H15F3N2O2. The van der Waals surface area contributed by atoms with Crippen LogP contribution in [0.15, 0.2) is 36.9 Å². The summed E-state index contributed by atoms with van der Waals surface area (Å²) in [6.07, 6.45) is -2.96. The number of rotatable bonds is 5. The molecule has 0 unspecified atom stereocenters. The van der Waals surface area contributed by atoms with E-state index >= 15 is 0 Å². The Labute approximate surface area is 120 Å². The highest BCUT2D eigenvalue weighted by atomic mass is 19.4. The maximum absolute atomic E-state index is 12.5. The second-order valence-corrected chi connectivity index (χ2v) is 4.24. The average Bonchev–Trinajstić information content (AvgIpc) is 2.41. The van der Waals surface area contributed by atoms with Crippen molar-refractivity contribution in [3.8, 4) is 0 Å². The summed E-state index contributed by atoms with van der Waals surface area (Å²) in [4.78, 5) is 24.2. The van der Waals surface area contributed by atoms with Gasteiger partial charge in [0.05, 0.1) is 5.56 Å². The summed E-state index contributed by atoms with van der Waals surface area (Å²) < 4.78 is 37.4. The Morgan fingerprint density at radius 2 is 1.86 bits per heavy atom. The quantitative estimate of drug-likeness (QED) is 0.849. The van der Waals surface area contributed by atoms with Crippen molar-refractivity contribution in [1.29, 1.82) is 0 Å². The lowest BCUT2D eigenvalue weighted by Crippen LogP contribution is -2.39. The molecule has 21 heavy (non-hydrogen) atoms. The zero-order valence-electron chi connectivity index (χ0n) is 11.4. The van der Waals surface area contributed by atoms with Gasteiger partial charge >= 0.3 is 6.18 Å². The number of benzene rings is 1. The predicted octanol–water partition coefficient (Wildman–Crippen LogP) is 2.36. The fourth-order valence-corrected chi connectivity index (χ4v) is 1.60. The van der Waals surface area contributed by atoms with E-state index in [1.165, 1.54) is 13.0 Å². The average molecular weight is 300 g/mol. The van der Waals surface area contributed by atoms with Gasteiger partial charge in [-0.25, -0.2) is 0 Å². The van der Waals surface area contributed by atoms with Gasteiger partial charge in [0.15, 0.2) is 0 Å². The van der Waals surface area contributed by atoms with E-state index in [-0.39, 0.29) is 18.8 Å². The number of anilines is 1. The van der Waals surface area contributed by atoms with Crippen molar-refractivity contribution in [1.82, 2.24) is 5.32 Å². The minimum absolute atomic E-state index is 0.226. The van der Waals surface area contributed by atoms with E-state index in [2.05, 4.69) is 11.9 Å². The van der Waals surface area contributed by atoms with Crippen molar-refractivity contribution in [3.05, 3.63) is 42.5 Å². The molecule has 1 rings (SSSR count). The lowest BCUT2D eigenvalue weighted by atomic mass is 10.2. The first-order chi connectivity index (χ1) is 9.75. The lowest BCUT2D eigenvalue weighted by Gasteiger charge is -2.21. The molecule has 0 fully saturated rings. The fourth-order valence-electron chi connectivity index (χ4n) is 1.60. The van der Waals surface area contributed by atoms with Crippen LogP contribution in [0.5, 0.6) is 0 Å². The van der Waals surface area contributed by atoms with Crippen LogP contribution < -0.4 is 10.2 Å². The molecule has 7 heteroatoms. The molecule has 0 bridgehead atoms. The van der Waals surface area contributed by atoms with Gasteiger partial charge < -0.3 is 10.2 Å². The first-order valence-electron chi connectivity index (χ1n) is 6.08. The SMILES string of the molecule is C=CCNC(=O)CN(C(C)=O)c1ccc(C(F)(F)F)cc1. The highest BCUT2D eigenvalue weighted by molar-refractivity contribution is 5.97. The minimum Gasteiger partial charge on any atom is -0.351 e. The third-order valence-electron chi connectivity index (χ3n) is 2.63. The third-order valence-corrected chi connectivity index (χ3v) is 2.63. The number of amides is 2. The van der Waals surface area contributed by atoms with Crippen LogP contribution in [0, 0.1) is 0 Å². The van der Waals surface area contributed by atoms with Gasteiger partial charge in [-0.05, 0) is 24.3 Å². The lowest BCUT2D eigenvalue weighted by molar-refractivity contribution is -0.137. The van der Waals surface area contributed by atoms with Gasteiger partial charge in [-0.3, -0.25) is 9.59 Å². The van der Waals surface area contributed by atoms with E-state index in [1.807, 2.05) is 0 Å². The molecule has 0 radical (unpaired) electrons. The van der Waals surface area contributed by atoms with Crippen LogP contribution in [0.2, 0.25) is 0 Å². The van der Waals surface area contributed by atoms with E-state index in [1.54, 1.807) is 0 Å². The number of carbonyl (C=O) groups is 2. The number of hydrogen-bond acceptors (Lipinski definition) is 2. The number of alkyl halides is 3. The number of hydrogen-bond donors (Lipinski definition) is 1. The topological polar surface area (TPSA) is 49.4 Å². The van der Waals surface area contributed by atoms with Crippen molar-refractivity contribution >= 4 is 17.5 Å². The molecule has 0 atom stereocenters. The van der Waals surface area contributed by atoms with Gasteiger partial charge in [-0.2, -0.15) is 13.2 Å². The van der Waals surface area contributed by atoms with Gasteiger partial charge in [-0.1, -0.05) is 6.08 Å². The summed E-state index contributed by atoms with van der Waals surface area (Å²) >= 11 is 0. The van der Waals surface area contributed by atoms with Gasteiger partial charge in [0.25, 0.3) is 0 Å². The van der Waals surface area contributed by atoms with Crippen LogP contribution in [-0.2, 0) is 15.8 Å². The smallest absolute Gasteiger partial charge is 0.351 e. The molecule has 0 aliphatic rings. The van der Waals surface area contributed by atoms with Gasteiger partial charge in [0.1, 0.15) is 6.54 Å². The van der Waals surface area contributed by atoms with Crippen molar-refractivity contribution < 1.29 is 22.8 Å². The molecule has 0 spiro atoms. The molecule has 4 nitrogen and oxygen atoms in total. The Balaban J connectivity index is 2.89. The maximum atomic E-state index is 12.5. The molecule has 0 heterocycles. The predicted molar refractivity (Wildman–Crippen MR) is 72.7 cm³/mol. The highest BCUT2D eigenvalue weighted by Crippen LogP contribution is 2.30. The van der Waals surface area contributed by atoms with Gasteiger partial charge in [-0.15, -0.1) is 6.58 Å².